The molecule has 0 saturated heterocycles. The predicted octanol–water partition coefficient (Wildman–Crippen LogP) is 3.83. The molecular formula is C23H25N5O2S. The first kappa shape index (κ1) is 21.1. The fourth-order valence-corrected chi connectivity index (χ4v) is 4.12. The Morgan fingerprint density at radius 1 is 1.23 bits per heavy atom. The van der Waals surface area contributed by atoms with Crippen molar-refractivity contribution >= 4 is 39.7 Å². The number of aryl methyl sites for hydroxylation is 2. The van der Waals surface area contributed by atoms with Crippen LogP contribution >= 0.6 is 11.8 Å². The number of rotatable bonds is 7. The minimum absolute atomic E-state index is 0.116. The van der Waals surface area contributed by atoms with Crippen molar-refractivity contribution in [2.45, 2.75) is 32.9 Å². The van der Waals surface area contributed by atoms with E-state index in [0.29, 0.717) is 29.8 Å². The van der Waals surface area contributed by atoms with Crippen LogP contribution in [-0.4, -0.2) is 37.4 Å². The SMILES string of the molecule is CCn1cc(C(=O)NC(CCSC)c2nc3ccccc3[nH]2)c(=O)c2ccc(C)nc21. The van der Waals surface area contributed by atoms with Crippen LogP contribution in [0.15, 0.2) is 47.4 Å². The zero-order chi connectivity index (χ0) is 22.0. The summed E-state index contributed by atoms with van der Waals surface area (Å²) < 4.78 is 1.84. The van der Waals surface area contributed by atoms with Gasteiger partial charge >= 0.3 is 0 Å². The lowest BCUT2D eigenvalue weighted by Gasteiger charge is -2.17. The van der Waals surface area contributed by atoms with Crippen LogP contribution in [0.3, 0.4) is 0 Å². The third-order valence-corrected chi connectivity index (χ3v) is 5.94. The second-order valence-corrected chi connectivity index (χ2v) is 8.41. The highest BCUT2D eigenvalue weighted by Crippen LogP contribution is 2.21. The molecule has 0 aliphatic rings. The van der Waals surface area contributed by atoms with Crippen LogP contribution in [0.4, 0.5) is 0 Å². The molecule has 31 heavy (non-hydrogen) atoms. The summed E-state index contributed by atoms with van der Waals surface area (Å²) >= 11 is 1.70. The van der Waals surface area contributed by atoms with Gasteiger partial charge in [-0.05, 0) is 56.5 Å². The van der Waals surface area contributed by atoms with Crippen LogP contribution in [0.25, 0.3) is 22.1 Å². The molecule has 0 fully saturated rings. The van der Waals surface area contributed by atoms with Crippen LogP contribution in [0.1, 0.15) is 41.3 Å². The molecule has 1 unspecified atom stereocenters. The van der Waals surface area contributed by atoms with Gasteiger partial charge in [0, 0.05) is 18.4 Å². The van der Waals surface area contributed by atoms with E-state index in [0.717, 1.165) is 22.5 Å². The van der Waals surface area contributed by atoms with Gasteiger partial charge in [-0.15, -0.1) is 0 Å². The fraction of sp³-hybridized carbons (Fsp3) is 0.304. The third kappa shape index (κ3) is 4.20. The number of hydrogen-bond acceptors (Lipinski definition) is 5. The van der Waals surface area contributed by atoms with Crippen molar-refractivity contribution < 1.29 is 4.79 Å². The summed E-state index contributed by atoms with van der Waals surface area (Å²) in [5, 5.41) is 3.48. The molecule has 160 valence electrons. The van der Waals surface area contributed by atoms with Gasteiger partial charge < -0.3 is 14.9 Å². The highest BCUT2D eigenvalue weighted by molar-refractivity contribution is 7.98. The summed E-state index contributed by atoms with van der Waals surface area (Å²) in [7, 11) is 0. The van der Waals surface area contributed by atoms with E-state index in [9.17, 15) is 9.59 Å². The zero-order valence-electron chi connectivity index (χ0n) is 17.8. The highest BCUT2D eigenvalue weighted by Gasteiger charge is 2.22. The van der Waals surface area contributed by atoms with Crippen LogP contribution in [-0.2, 0) is 6.54 Å². The van der Waals surface area contributed by atoms with Crippen LogP contribution in [0.2, 0.25) is 0 Å². The Morgan fingerprint density at radius 2 is 2.03 bits per heavy atom. The number of aromatic nitrogens is 4. The van der Waals surface area contributed by atoms with E-state index >= 15 is 0 Å². The van der Waals surface area contributed by atoms with Gasteiger partial charge in [0.25, 0.3) is 5.91 Å². The number of para-hydroxylation sites is 2. The number of imidazole rings is 1. The lowest BCUT2D eigenvalue weighted by Crippen LogP contribution is -2.34. The summed E-state index contributed by atoms with van der Waals surface area (Å²) in [5.74, 6) is 1.14. The number of carbonyl (C=O) groups is 1. The lowest BCUT2D eigenvalue weighted by atomic mass is 10.1. The Balaban J connectivity index is 1.71. The summed E-state index contributed by atoms with van der Waals surface area (Å²) in [5.41, 5.74) is 3.00. The van der Waals surface area contributed by atoms with Crippen molar-refractivity contribution in [3.8, 4) is 0 Å². The molecule has 0 aliphatic heterocycles. The topological polar surface area (TPSA) is 92.7 Å². The fourth-order valence-electron chi connectivity index (χ4n) is 3.65. The van der Waals surface area contributed by atoms with Gasteiger partial charge in [-0.3, -0.25) is 9.59 Å². The monoisotopic (exact) mass is 435 g/mol. The Labute approximate surface area is 184 Å². The van der Waals surface area contributed by atoms with Crippen molar-refractivity contribution in [2.24, 2.45) is 0 Å². The summed E-state index contributed by atoms with van der Waals surface area (Å²) in [4.78, 5) is 38.7. The van der Waals surface area contributed by atoms with Gasteiger partial charge in [-0.25, -0.2) is 9.97 Å². The van der Waals surface area contributed by atoms with Gasteiger partial charge in [0.1, 0.15) is 17.0 Å². The minimum Gasteiger partial charge on any atom is -0.342 e. The summed E-state index contributed by atoms with van der Waals surface area (Å²) in [6.45, 7) is 4.45. The third-order valence-electron chi connectivity index (χ3n) is 5.30. The average molecular weight is 436 g/mol. The zero-order valence-corrected chi connectivity index (χ0v) is 18.6. The first-order valence-corrected chi connectivity index (χ1v) is 11.7. The standard InChI is InChI=1S/C23H25N5O2S/c1-4-28-13-16(20(29)15-10-9-14(2)24-22(15)28)23(30)27-19(11-12-31-3)21-25-17-7-5-6-8-18(17)26-21/h5-10,13,19H,4,11-12H2,1-3H3,(H,25,26)(H,27,30). The van der Waals surface area contributed by atoms with Gasteiger partial charge in [0.05, 0.1) is 22.5 Å². The normalized spacial score (nSPS) is 12.4. The molecule has 2 N–H and O–H groups in total. The number of H-pyrrole nitrogens is 1. The predicted molar refractivity (Wildman–Crippen MR) is 126 cm³/mol. The molecular weight excluding hydrogens is 410 g/mol. The van der Waals surface area contributed by atoms with Gasteiger partial charge in [-0.1, -0.05) is 12.1 Å². The summed E-state index contributed by atoms with van der Waals surface area (Å²) in [6.07, 6.45) is 4.33. The highest BCUT2D eigenvalue weighted by atomic mass is 32.2. The van der Waals surface area contributed by atoms with Crippen molar-refractivity contribution in [1.29, 1.82) is 0 Å². The Morgan fingerprint density at radius 3 is 2.77 bits per heavy atom. The second-order valence-electron chi connectivity index (χ2n) is 7.43. The van der Waals surface area contributed by atoms with Crippen LogP contribution < -0.4 is 10.7 Å². The molecule has 0 saturated carbocycles. The quantitative estimate of drug-likeness (QED) is 0.460. The van der Waals surface area contributed by atoms with Crippen molar-refractivity contribution in [3.63, 3.8) is 0 Å². The number of pyridine rings is 2. The van der Waals surface area contributed by atoms with Gasteiger partial charge in [-0.2, -0.15) is 11.8 Å². The van der Waals surface area contributed by atoms with E-state index in [-0.39, 0.29) is 17.0 Å². The number of hydrogen-bond donors (Lipinski definition) is 2. The number of aromatic amines is 1. The number of thioether (sulfide) groups is 1. The maximum Gasteiger partial charge on any atom is 0.257 e. The molecule has 4 rings (SSSR count). The summed E-state index contributed by atoms with van der Waals surface area (Å²) in [6, 6.07) is 11.0. The van der Waals surface area contributed by atoms with Crippen molar-refractivity contribution in [3.05, 3.63) is 69.9 Å². The van der Waals surface area contributed by atoms with Crippen LogP contribution in [0.5, 0.6) is 0 Å². The molecule has 0 spiro atoms. The molecule has 8 heteroatoms. The number of nitrogens with zero attached hydrogens (tertiary/aromatic N) is 3. The Bertz CT molecular complexity index is 1280. The molecule has 0 aliphatic carbocycles. The minimum atomic E-state index is -0.402. The second kappa shape index (κ2) is 8.93. The average Bonchev–Trinajstić information content (AvgIpc) is 3.21. The first-order chi connectivity index (χ1) is 15.0. The number of nitrogens with one attached hydrogen (secondary N) is 2. The lowest BCUT2D eigenvalue weighted by molar-refractivity contribution is 0.0932. The van der Waals surface area contributed by atoms with E-state index in [1.807, 2.05) is 48.9 Å². The molecule has 4 aromatic rings. The number of carbonyl (C=O) groups excluding carboxylic acids is 1. The Kier molecular flexibility index (Phi) is 6.08. The molecule has 0 bridgehead atoms. The maximum absolute atomic E-state index is 13.2. The van der Waals surface area contributed by atoms with Crippen molar-refractivity contribution in [2.75, 3.05) is 12.0 Å². The number of benzene rings is 1. The largest absolute Gasteiger partial charge is 0.342 e. The maximum atomic E-state index is 13.2. The van der Waals surface area contributed by atoms with Crippen LogP contribution in [0, 0.1) is 6.92 Å². The smallest absolute Gasteiger partial charge is 0.257 e. The Hall–Kier alpha value is -3.13. The number of fused-ring (bicyclic) bond motifs is 2. The molecule has 7 nitrogen and oxygen atoms in total. The molecule has 1 amide bonds. The number of amides is 1. The molecule has 1 aromatic carbocycles. The van der Waals surface area contributed by atoms with Gasteiger partial charge in [0.15, 0.2) is 0 Å². The van der Waals surface area contributed by atoms with E-state index in [2.05, 4.69) is 20.3 Å². The van der Waals surface area contributed by atoms with E-state index in [1.54, 1.807) is 30.1 Å². The van der Waals surface area contributed by atoms with E-state index < -0.39 is 5.91 Å². The van der Waals surface area contributed by atoms with E-state index in [1.165, 1.54) is 0 Å². The molecule has 3 heterocycles. The molecule has 0 radical (unpaired) electrons. The molecule has 1 atom stereocenters. The first-order valence-electron chi connectivity index (χ1n) is 10.3. The van der Waals surface area contributed by atoms with E-state index in [4.69, 9.17) is 0 Å². The van der Waals surface area contributed by atoms with Crippen molar-refractivity contribution in [1.82, 2.24) is 24.8 Å². The molecule has 3 aromatic heterocycles. The van der Waals surface area contributed by atoms with Gasteiger partial charge in [0.2, 0.25) is 5.43 Å².